The van der Waals surface area contributed by atoms with Gasteiger partial charge >= 0.3 is 0 Å². The molecule has 16 heavy (non-hydrogen) atoms. The summed E-state index contributed by atoms with van der Waals surface area (Å²) < 4.78 is 1.53. The van der Waals surface area contributed by atoms with Gasteiger partial charge in [0.1, 0.15) is 0 Å². The van der Waals surface area contributed by atoms with E-state index in [1.165, 1.54) is 15.7 Å². The van der Waals surface area contributed by atoms with E-state index < -0.39 is 0 Å². The molecule has 0 bridgehead atoms. The Morgan fingerprint density at radius 1 is 1.00 bits per heavy atom. The molecular formula is C13H16N2O. The van der Waals surface area contributed by atoms with Crippen LogP contribution in [0.3, 0.4) is 0 Å². The van der Waals surface area contributed by atoms with Gasteiger partial charge in [-0.1, -0.05) is 0 Å². The lowest BCUT2D eigenvalue weighted by Gasteiger charge is -2.13. The number of hydrogen-bond donors (Lipinski definition) is 0. The molecule has 3 nitrogen and oxygen atoms in total. The molecule has 1 heterocycles. The monoisotopic (exact) mass is 216 g/mol. The van der Waals surface area contributed by atoms with Crippen molar-refractivity contribution in [3.05, 3.63) is 38.9 Å². The topological polar surface area (TPSA) is 34.9 Å². The highest BCUT2D eigenvalue weighted by atomic mass is 16.1. The predicted molar refractivity (Wildman–Crippen MR) is 65.9 cm³/mol. The van der Waals surface area contributed by atoms with Crippen LogP contribution in [-0.2, 0) is 7.05 Å². The van der Waals surface area contributed by atoms with Crippen LogP contribution in [0.4, 0.5) is 0 Å². The van der Waals surface area contributed by atoms with Crippen molar-refractivity contribution in [1.82, 2.24) is 9.55 Å². The second-order valence-electron chi connectivity index (χ2n) is 4.38. The summed E-state index contributed by atoms with van der Waals surface area (Å²) in [6, 6.07) is 0. The molecule has 0 fully saturated rings. The van der Waals surface area contributed by atoms with Gasteiger partial charge in [0.2, 0.25) is 0 Å². The van der Waals surface area contributed by atoms with Crippen molar-refractivity contribution in [2.75, 3.05) is 0 Å². The second kappa shape index (κ2) is 3.44. The molecule has 3 heteroatoms. The van der Waals surface area contributed by atoms with Crippen LogP contribution in [0.5, 0.6) is 0 Å². The van der Waals surface area contributed by atoms with E-state index in [2.05, 4.69) is 18.8 Å². The summed E-state index contributed by atoms with van der Waals surface area (Å²) in [5.74, 6) is 0. The van der Waals surface area contributed by atoms with E-state index in [9.17, 15) is 4.79 Å². The zero-order chi connectivity index (χ0) is 12.0. The molecule has 0 amide bonds. The molecule has 0 radical (unpaired) electrons. The van der Waals surface area contributed by atoms with E-state index in [0.717, 1.165) is 22.0 Å². The van der Waals surface area contributed by atoms with Gasteiger partial charge < -0.3 is 4.57 Å². The zero-order valence-corrected chi connectivity index (χ0v) is 10.4. The maximum absolute atomic E-state index is 12.1. The number of nitrogens with zero attached hydrogens (tertiary/aromatic N) is 2. The molecule has 1 aromatic carbocycles. The maximum Gasteiger partial charge on any atom is 0.261 e. The number of rotatable bonds is 0. The van der Waals surface area contributed by atoms with Gasteiger partial charge in [-0.25, -0.2) is 4.98 Å². The highest BCUT2D eigenvalue weighted by Crippen LogP contribution is 2.24. The van der Waals surface area contributed by atoms with Crippen molar-refractivity contribution in [2.24, 2.45) is 7.05 Å². The molecule has 2 aromatic rings. The highest BCUT2D eigenvalue weighted by Gasteiger charge is 2.13. The normalized spacial score (nSPS) is 11.1. The van der Waals surface area contributed by atoms with E-state index in [0.29, 0.717) is 0 Å². The number of aromatic nitrogens is 2. The fraction of sp³-hybridized carbons (Fsp3) is 0.385. The van der Waals surface area contributed by atoms with Crippen molar-refractivity contribution in [3.8, 4) is 0 Å². The summed E-state index contributed by atoms with van der Waals surface area (Å²) in [5.41, 5.74) is 5.45. The average Bonchev–Trinajstić information content (AvgIpc) is 2.27. The first-order valence-electron chi connectivity index (χ1n) is 5.36. The van der Waals surface area contributed by atoms with Gasteiger partial charge in [0.15, 0.2) is 0 Å². The van der Waals surface area contributed by atoms with Crippen LogP contribution in [0.15, 0.2) is 11.1 Å². The summed E-state index contributed by atoms with van der Waals surface area (Å²) in [6.45, 7) is 8.16. The molecule has 0 spiro atoms. The fourth-order valence-electron chi connectivity index (χ4n) is 2.09. The largest absolute Gasteiger partial charge is 0.302 e. The summed E-state index contributed by atoms with van der Waals surface area (Å²) >= 11 is 0. The van der Waals surface area contributed by atoms with Crippen LogP contribution < -0.4 is 5.56 Å². The van der Waals surface area contributed by atoms with Crippen molar-refractivity contribution >= 4 is 10.9 Å². The summed E-state index contributed by atoms with van der Waals surface area (Å²) in [5, 5.41) is 0.755. The van der Waals surface area contributed by atoms with Gasteiger partial charge in [-0.2, -0.15) is 0 Å². The summed E-state index contributed by atoms with van der Waals surface area (Å²) in [4.78, 5) is 16.5. The quantitative estimate of drug-likeness (QED) is 0.676. The smallest absolute Gasteiger partial charge is 0.261 e. The van der Waals surface area contributed by atoms with Gasteiger partial charge in [0, 0.05) is 7.05 Å². The van der Waals surface area contributed by atoms with Gasteiger partial charge in [0.25, 0.3) is 5.56 Å². The van der Waals surface area contributed by atoms with Crippen LogP contribution in [0.1, 0.15) is 22.3 Å². The van der Waals surface area contributed by atoms with Crippen LogP contribution in [0.25, 0.3) is 10.9 Å². The molecule has 0 atom stereocenters. The number of hydrogen-bond acceptors (Lipinski definition) is 2. The highest BCUT2D eigenvalue weighted by molar-refractivity contribution is 5.86. The molecule has 0 saturated carbocycles. The van der Waals surface area contributed by atoms with Gasteiger partial charge in [0.05, 0.1) is 17.2 Å². The van der Waals surface area contributed by atoms with Crippen molar-refractivity contribution in [3.63, 3.8) is 0 Å². The van der Waals surface area contributed by atoms with Crippen molar-refractivity contribution < 1.29 is 0 Å². The Morgan fingerprint density at radius 2 is 1.56 bits per heavy atom. The first-order chi connectivity index (χ1) is 7.45. The first-order valence-corrected chi connectivity index (χ1v) is 5.36. The Kier molecular flexibility index (Phi) is 2.34. The van der Waals surface area contributed by atoms with Gasteiger partial charge in [-0.15, -0.1) is 0 Å². The van der Waals surface area contributed by atoms with Crippen LogP contribution >= 0.6 is 0 Å². The lowest BCUT2D eigenvalue weighted by molar-refractivity contribution is 0.840. The molecular weight excluding hydrogens is 200 g/mol. The third kappa shape index (κ3) is 1.28. The zero-order valence-electron chi connectivity index (χ0n) is 10.4. The lowest BCUT2D eigenvalue weighted by atomic mass is 9.95. The third-order valence-electron chi connectivity index (χ3n) is 3.55. The van der Waals surface area contributed by atoms with Crippen molar-refractivity contribution in [1.29, 1.82) is 0 Å². The second-order valence-corrected chi connectivity index (χ2v) is 4.38. The Morgan fingerprint density at radius 3 is 2.19 bits per heavy atom. The average molecular weight is 216 g/mol. The molecule has 0 aliphatic heterocycles. The van der Waals surface area contributed by atoms with E-state index in [4.69, 9.17) is 0 Å². The lowest BCUT2D eigenvalue weighted by Crippen LogP contribution is -2.19. The Balaban J connectivity index is 3.15. The minimum atomic E-state index is 0.0358. The fourth-order valence-corrected chi connectivity index (χ4v) is 2.09. The van der Waals surface area contributed by atoms with E-state index in [1.54, 1.807) is 13.4 Å². The summed E-state index contributed by atoms with van der Waals surface area (Å²) in [7, 11) is 1.73. The van der Waals surface area contributed by atoms with E-state index in [1.807, 2.05) is 13.8 Å². The predicted octanol–water partition coefficient (Wildman–Crippen LogP) is 2.17. The van der Waals surface area contributed by atoms with Crippen molar-refractivity contribution in [2.45, 2.75) is 27.7 Å². The van der Waals surface area contributed by atoms with Crippen LogP contribution in [0.2, 0.25) is 0 Å². The molecule has 1 aromatic heterocycles. The Bertz CT molecular complexity index is 639. The minimum Gasteiger partial charge on any atom is -0.302 e. The molecule has 84 valence electrons. The van der Waals surface area contributed by atoms with Gasteiger partial charge in [-0.05, 0) is 49.9 Å². The van der Waals surface area contributed by atoms with Crippen LogP contribution in [-0.4, -0.2) is 9.55 Å². The standard InChI is InChI=1S/C13H16N2O/c1-7-8(2)10(4)12-11(9(7)3)13(16)15(5)6-14-12/h6H,1-5H3. The van der Waals surface area contributed by atoms with E-state index >= 15 is 0 Å². The maximum atomic E-state index is 12.1. The Labute approximate surface area is 94.7 Å². The third-order valence-corrected chi connectivity index (χ3v) is 3.55. The summed E-state index contributed by atoms with van der Waals surface area (Å²) in [6.07, 6.45) is 1.59. The number of aryl methyl sites for hydroxylation is 3. The van der Waals surface area contributed by atoms with Crippen LogP contribution in [0, 0.1) is 27.7 Å². The molecule has 2 rings (SSSR count). The Hall–Kier alpha value is -1.64. The first kappa shape index (κ1) is 10.9. The SMILES string of the molecule is Cc1c(C)c(C)c2c(=O)n(C)cnc2c1C. The number of fused-ring (bicyclic) bond motifs is 1. The number of benzene rings is 1. The minimum absolute atomic E-state index is 0.0358. The molecule has 0 aliphatic carbocycles. The molecule has 0 N–H and O–H groups in total. The molecule has 0 aliphatic rings. The van der Waals surface area contributed by atoms with E-state index in [-0.39, 0.29) is 5.56 Å². The molecule has 0 unspecified atom stereocenters. The molecule has 0 saturated heterocycles. The van der Waals surface area contributed by atoms with Gasteiger partial charge in [-0.3, -0.25) is 4.79 Å².